The summed E-state index contributed by atoms with van der Waals surface area (Å²) in [6, 6.07) is 21.0. The van der Waals surface area contributed by atoms with Crippen LogP contribution < -0.4 is 10.1 Å². The van der Waals surface area contributed by atoms with Crippen LogP contribution in [0.15, 0.2) is 79.1 Å². The van der Waals surface area contributed by atoms with Gasteiger partial charge in [0.25, 0.3) is 0 Å². The molecule has 32 heavy (non-hydrogen) atoms. The van der Waals surface area contributed by atoms with E-state index < -0.39 is 0 Å². The lowest BCUT2D eigenvalue weighted by molar-refractivity contribution is 0.191. The number of nitrogens with one attached hydrogen (secondary N) is 1. The van der Waals surface area contributed by atoms with Crippen molar-refractivity contribution in [3.05, 3.63) is 101 Å². The molecule has 7 heteroatoms. The van der Waals surface area contributed by atoms with Crippen LogP contribution in [0.3, 0.4) is 0 Å². The van der Waals surface area contributed by atoms with Crippen molar-refractivity contribution in [1.29, 1.82) is 0 Å². The first kappa shape index (κ1) is 21.6. The molecule has 2 amide bonds. The fourth-order valence-corrected chi connectivity index (χ4v) is 3.62. The van der Waals surface area contributed by atoms with Gasteiger partial charge in [-0.15, -0.1) is 0 Å². The van der Waals surface area contributed by atoms with E-state index in [4.69, 9.17) is 16.3 Å². The number of pyridine rings is 2. The smallest absolute Gasteiger partial charge is 0.318 e. The number of carbonyl (C=O) groups is 1. The summed E-state index contributed by atoms with van der Waals surface area (Å²) < 4.78 is 5.32. The lowest BCUT2D eigenvalue weighted by Crippen LogP contribution is -2.38. The topological polar surface area (TPSA) is 67.3 Å². The first-order chi connectivity index (χ1) is 15.6. The van der Waals surface area contributed by atoms with Crippen LogP contribution in [0, 0.1) is 0 Å². The Labute approximate surface area is 191 Å². The van der Waals surface area contributed by atoms with Gasteiger partial charge in [0, 0.05) is 36.4 Å². The molecule has 1 N–H and O–H groups in total. The number of aromatic nitrogens is 2. The van der Waals surface area contributed by atoms with E-state index in [0.717, 1.165) is 33.3 Å². The predicted octanol–water partition coefficient (Wildman–Crippen LogP) is 5.20. The number of fused-ring (bicyclic) bond motifs is 1. The molecule has 4 rings (SSSR count). The first-order valence-electron chi connectivity index (χ1n) is 10.2. The van der Waals surface area contributed by atoms with Crippen LogP contribution in [0.2, 0.25) is 5.15 Å². The molecule has 4 aromatic rings. The summed E-state index contributed by atoms with van der Waals surface area (Å²) >= 11 is 6.49. The molecule has 0 aliphatic heterocycles. The van der Waals surface area contributed by atoms with Crippen LogP contribution in [0.25, 0.3) is 10.9 Å². The fraction of sp³-hybridized carbons (Fsp3) is 0.160. The summed E-state index contributed by atoms with van der Waals surface area (Å²) in [6.07, 6.45) is 3.46. The number of hydrogen-bond acceptors (Lipinski definition) is 4. The Morgan fingerprint density at radius 1 is 1.03 bits per heavy atom. The minimum absolute atomic E-state index is 0.195. The van der Waals surface area contributed by atoms with Crippen molar-refractivity contribution in [1.82, 2.24) is 20.2 Å². The summed E-state index contributed by atoms with van der Waals surface area (Å²) in [5, 5.41) is 4.27. The zero-order valence-corrected chi connectivity index (χ0v) is 18.4. The van der Waals surface area contributed by atoms with E-state index in [1.54, 1.807) is 24.4 Å². The van der Waals surface area contributed by atoms with Crippen LogP contribution in [-0.4, -0.2) is 28.0 Å². The SMILES string of the molecule is COc1ccc2nc(Cl)c(CN(Cc3cccnc3)C(=O)NCc3ccccc3)cc2c1. The zero-order chi connectivity index (χ0) is 22.3. The third-order valence-electron chi connectivity index (χ3n) is 5.08. The normalized spacial score (nSPS) is 10.7. The molecule has 0 aliphatic carbocycles. The number of nitrogens with zero attached hydrogens (tertiary/aromatic N) is 3. The molecule has 0 radical (unpaired) electrons. The third-order valence-corrected chi connectivity index (χ3v) is 5.41. The number of benzene rings is 2. The Hall–Kier alpha value is -3.64. The highest BCUT2D eigenvalue weighted by molar-refractivity contribution is 6.30. The van der Waals surface area contributed by atoms with Crippen molar-refractivity contribution in [2.45, 2.75) is 19.6 Å². The molecule has 2 heterocycles. The molecule has 0 fully saturated rings. The molecule has 0 atom stereocenters. The van der Waals surface area contributed by atoms with Crippen molar-refractivity contribution in [2.24, 2.45) is 0 Å². The highest BCUT2D eigenvalue weighted by Gasteiger charge is 2.17. The summed E-state index contributed by atoms with van der Waals surface area (Å²) in [7, 11) is 1.62. The number of hydrogen-bond donors (Lipinski definition) is 1. The average molecular weight is 447 g/mol. The van der Waals surface area contributed by atoms with E-state index in [2.05, 4.69) is 15.3 Å². The minimum atomic E-state index is -0.195. The maximum atomic E-state index is 13.1. The average Bonchev–Trinajstić information content (AvgIpc) is 2.83. The summed E-state index contributed by atoms with van der Waals surface area (Å²) in [4.78, 5) is 23.5. The van der Waals surface area contributed by atoms with Gasteiger partial charge < -0.3 is 15.0 Å². The molecule has 0 unspecified atom stereocenters. The van der Waals surface area contributed by atoms with Crippen molar-refractivity contribution < 1.29 is 9.53 Å². The van der Waals surface area contributed by atoms with Gasteiger partial charge >= 0.3 is 6.03 Å². The highest BCUT2D eigenvalue weighted by Crippen LogP contribution is 2.25. The number of rotatable bonds is 7. The van der Waals surface area contributed by atoms with E-state index in [0.29, 0.717) is 24.8 Å². The zero-order valence-electron chi connectivity index (χ0n) is 17.7. The van der Waals surface area contributed by atoms with Crippen molar-refractivity contribution in [3.8, 4) is 5.75 Å². The Morgan fingerprint density at radius 3 is 2.59 bits per heavy atom. The maximum absolute atomic E-state index is 13.1. The molecular formula is C25H23ClN4O2. The van der Waals surface area contributed by atoms with E-state index in [9.17, 15) is 4.79 Å². The van der Waals surface area contributed by atoms with Gasteiger partial charge in [-0.2, -0.15) is 0 Å². The van der Waals surface area contributed by atoms with Gasteiger partial charge in [-0.1, -0.05) is 48.0 Å². The van der Waals surface area contributed by atoms with E-state index in [-0.39, 0.29) is 6.03 Å². The molecule has 0 spiro atoms. The maximum Gasteiger partial charge on any atom is 0.318 e. The number of amides is 2. The summed E-state index contributed by atoms with van der Waals surface area (Å²) in [5.41, 5.74) is 3.48. The second kappa shape index (κ2) is 10.1. The van der Waals surface area contributed by atoms with Crippen LogP contribution in [0.5, 0.6) is 5.75 Å². The van der Waals surface area contributed by atoms with Crippen LogP contribution in [0.4, 0.5) is 4.79 Å². The fourth-order valence-electron chi connectivity index (χ4n) is 3.42. The van der Waals surface area contributed by atoms with E-state index >= 15 is 0 Å². The van der Waals surface area contributed by atoms with Gasteiger partial charge in [-0.05, 0) is 41.5 Å². The van der Waals surface area contributed by atoms with E-state index in [1.807, 2.05) is 66.7 Å². The summed E-state index contributed by atoms with van der Waals surface area (Å²) in [5.74, 6) is 0.736. The molecule has 2 aromatic carbocycles. The standard InChI is InChI=1S/C25H23ClN4O2/c1-32-22-9-10-23-20(13-22)12-21(24(26)29-23)17-30(16-19-8-5-11-27-14-19)25(31)28-15-18-6-3-2-4-7-18/h2-14H,15-17H2,1H3,(H,28,31). The van der Waals surface area contributed by atoms with Crippen LogP contribution >= 0.6 is 11.6 Å². The van der Waals surface area contributed by atoms with Crippen LogP contribution in [0.1, 0.15) is 16.7 Å². The lowest BCUT2D eigenvalue weighted by atomic mass is 10.1. The van der Waals surface area contributed by atoms with Gasteiger partial charge in [0.15, 0.2) is 0 Å². The van der Waals surface area contributed by atoms with Gasteiger partial charge in [-0.25, -0.2) is 9.78 Å². The molecule has 0 saturated carbocycles. The predicted molar refractivity (Wildman–Crippen MR) is 125 cm³/mol. The van der Waals surface area contributed by atoms with Gasteiger partial charge in [0.2, 0.25) is 0 Å². The Kier molecular flexibility index (Phi) is 6.82. The van der Waals surface area contributed by atoms with Crippen molar-refractivity contribution in [3.63, 3.8) is 0 Å². The number of urea groups is 1. The van der Waals surface area contributed by atoms with Gasteiger partial charge in [0.05, 0.1) is 19.2 Å². The van der Waals surface area contributed by atoms with E-state index in [1.165, 1.54) is 0 Å². The summed E-state index contributed by atoms with van der Waals surface area (Å²) in [6.45, 7) is 1.12. The molecule has 0 aliphatic rings. The molecule has 2 aromatic heterocycles. The number of ether oxygens (including phenoxy) is 1. The van der Waals surface area contributed by atoms with Crippen molar-refractivity contribution in [2.75, 3.05) is 7.11 Å². The number of carbonyl (C=O) groups excluding carboxylic acids is 1. The second-order valence-corrected chi connectivity index (χ2v) is 7.72. The quantitative estimate of drug-likeness (QED) is 0.396. The lowest BCUT2D eigenvalue weighted by Gasteiger charge is -2.24. The first-order valence-corrected chi connectivity index (χ1v) is 10.6. The van der Waals surface area contributed by atoms with Gasteiger partial charge in [0.1, 0.15) is 10.9 Å². The third kappa shape index (κ3) is 5.34. The largest absolute Gasteiger partial charge is 0.497 e. The molecule has 0 saturated heterocycles. The monoisotopic (exact) mass is 446 g/mol. The van der Waals surface area contributed by atoms with Crippen molar-refractivity contribution >= 4 is 28.5 Å². The van der Waals surface area contributed by atoms with Gasteiger partial charge in [-0.3, -0.25) is 4.98 Å². The molecule has 162 valence electrons. The Balaban J connectivity index is 1.59. The van der Waals surface area contributed by atoms with Crippen LogP contribution in [-0.2, 0) is 19.6 Å². The number of methoxy groups -OCH3 is 1. The molecule has 0 bridgehead atoms. The number of halogens is 1. The highest BCUT2D eigenvalue weighted by atomic mass is 35.5. The molecular weight excluding hydrogens is 424 g/mol. The second-order valence-electron chi connectivity index (χ2n) is 7.36. The Bertz CT molecular complexity index is 1200. The minimum Gasteiger partial charge on any atom is -0.497 e. The molecule has 6 nitrogen and oxygen atoms in total. The Morgan fingerprint density at radius 2 is 1.84 bits per heavy atom.